The molecule has 1 aromatic heterocycles. The van der Waals surface area contributed by atoms with E-state index in [9.17, 15) is 8.42 Å². The third kappa shape index (κ3) is 6.40. The Morgan fingerprint density at radius 3 is 2.73 bits per heavy atom. The highest BCUT2D eigenvalue weighted by atomic mass is 127. The first-order chi connectivity index (χ1) is 11.7. The van der Waals surface area contributed by atoms with Crippen LogP contribution in [0, 0.1) is 5.92 Å². The fourth-order valence-corrected chi connectivity index (χ4v) is 5.04. The van der Waals surface area contributed by atoms with Crippen molar-refractivity contribution in [3.8, 4) is 0 Å². The Morgan fingerprint density at radius 1 is 1.50 bits per heavy atom. The molecule has 0 spiro atoms. The zero-order valence-electron chi connectivity index (χ0n) is 16.4. The van der Waals surface area contributed by atoms with Gasteiger partial charge in [-0.2, -0.15) is 5.10 Å². The topological polar surface area (TPSA) is 79.6 Å². The van der Waals surface area contributed by atoms with Gasteiger partial charge in [-0.25, -0.2) is 8.42 Å². The highest BCUT2D eigenvalue weighted by Gasteiger charge is 2.27. The minimum Gasteiger partial charge on any atom is -0.357 e. The number of halogens is 1. The Morgan fingerprint density at radius 2 is 2.19 bits per heavy atom. The molecule has 1 unspecified atom stereocenters. The van der Waals surface area contributed by atoms with Crippen molar-refractivity contribution in [3.05, 3.63) is 17.5 Å². The molecule has 0 radical (unpaired) electrons. The van der Waals surface area contributed by atoms with E-state index in [-0.39, 0.29) is 35.6 Å². The van der Waals surface area contributed by atoms with Gasteiger partial charge in [-0.15, -0.1) is 24.0 Å². The minimum absolute atomic E-state index is 0. The molecule has 1 aliphatic rings. The first-order valence-corrected chi connectivity index (χ1v) is 10.8. The van der Waals surface area contributed by atoms with Gasteiger partial charge in [0.05, 0.1) is 17.2 Å². The van der Waals surface area contributed by atoms with Crippen molar-refractivity contribution in [2.45, 2.75) is 39.7 Å². The Kier molecular flexibility index (Phi) is 8.84. The van der Waals surface area contributed by atoms with E-state index >= 15 is 0 Å². The second-order valence-electron chi connectivity index (χ2n) is 7.19. The van der Waals surface area contributed by atoms with Gasteiger partial charge in [0.25, 0.3) is 0 Å². The number of guanidine groups is 1. The Balaban J connectivity index is 0.00000338. The van der Waals surface area contributed by atoms with Crippen molar-refractivity contribution >= 4 is 39.8 Å². The summed E-state index contributed by atoms with van der Waals surface area (Å²) in [4.78, 5) is 6.76. The minimum atomic E-state index is -2.85. The normalized spacial score (nSPS) is 19.5. The van der Waals surface area contributed by atoms with Crippen LogP contribution >= 0.6 is 24.0 Å². The van der Waals surface area contributed by atoms with Crippen LogP contribution in [0.25, 0.3) is 0 Å². The standard InChI is InChI=1S/C17H31N5O2S.HI/c1-6-18-17(19-9-14-7-8-25(23,24)12-14)21(4)10-15-11-22(5)20-16(15)13(2)3;/h11,13-14H,6-10,12H2,1-5H3,(H,18,19);1H. The number of sulfone groups is 1. The maximum Gasteiger partial charge on any atom is 0.193 e. The Bertz CT molecular complexity index is 715. The van der Waals surface area contributed by atoms with E-state index < -0.39 is 9.84 Å². The predicted octanol–water partition coefficient (Wildman–Crippen LogP) is 1.99. The molecule has 2 rings (SSSR count). The first kappa shape index (κ1) is 23.2. The van der Waals surface area contributed by atoms with E-state index in [4.69, 9.17) is 0 Å². The Hall–Kier alpha value is -0.840. The first-order valence-electron chi connectivity index (χ1n) is 8.94. The molecule has 1 aliphatic heterocycles. The summed E-state index contributed by atoms with van der Waals surface area (Å²) in [5.74, 6) is 1.88. The SMILES string of the molecule is CCNC(=NCC1CCS(=O)(=O)C1)N(C)Cc1cn(C)nc1C(C)C.I. The molecule has 2 heterocycles. The van der Waals surface area contributed by atoms with Crippen LogP contribution in [0.4, 0.5) is 0 Å². The number of hydrogen-bond donors (Lipinski definition) is 1. The molecule has 1 saturated heterocycles. The average molecular weight is 497 g/mol. The largest absolute Gasteiger partial charge is 0.357 e. The second kappa shape index (κ2) is 9.91. The van der Waals surface area contributed by atoms with Gasteiger partial charge in [-0.1, -0.05) is 13.8 Å². The fraction of sp³-hybridized carbons (Fsp3) is 0.765. The van der Waals surface area contributed by atoms with Gasteiger partial charge in [0.1, 0.15) is 0 Å². The van der Waals surface area contributed by atoms with Crippen LogP contribution in [-0.2, 0) is 23.4 Å². The maximum absolute atomic E-state index is 11.6. The zero-order chi connectivity index (χ0) is 18.6. The molecular weight excluding hydrogens is 465 g/mol. The van der Waals surface area contributed by atoms with Crippen LogP contribution in [-0.4, -0.2) is 60.7 Å². The molecule has 0 aliphatic carbocycles. The summed E-state index contributed by atoms with van der Waals surface area (Å²) in [5.41, 5.74) is 2.29. The number of nitrogens with zero attached hydrogens (tertiary/aromatic N) is 4. The fourth-order valence-electron chi connectivity index (χ4n) is 3.19. The number of aliphatic imine (C=N–C) groups is 1. The molecular formula is C17H32IN5O2S. The van der Waals surface area contributed by atoms with Crippen molar-refractivity contribution in [1.82, 2.24) is 20.0 Å². The van der Waals surface area contributed by atoms with E-state index in [0.717, 1.165) is 31.2 Å². The molecule has 0 bridgehead atoms. The van der Waals surface area contributed by atoms with Crippen LogP contribution in [0.1, 0.15) is 44.4 Å². The van der Waals surface area contributed by atoms with Crippen LogP contribution < -0.4 is 5.32 Å². The number of nitrogens with one attached hydrogen (secondary N) is 1. The van der Waals surface area contributed by atoms with Gasteiger partial charge in [0, 0.05) is 45.5 Å². The summed E-state index contributed by atoms with van der Waals surface area (Å²) in [6.45, 7) is 8.37. The van der Waals surface area contributed by atoms with E-state index in [0.29, 0.717) is 18.2 Å². The van der Waals surface area contributed by atoms with E-state index in [1.807, 2.05) is 25.7 Å². The van der Waals surface area contributed by atoms with Gasteiger partial charge in [-0.05, 0) is 25.2 Å². The number of aryl methyl sites for hydroxylation is 1. The third-order valence-electron chi connectivity index (χ3n) is 4.41. The summed E-state index contributed by atoms with van der Waals surface area (Å²) >= 11 is 0. The zero-order valence-corrected chi connectivity index (χ0v) is 19.5. The van der Waals surface area contributed by atoms with Gasteiger partial charge in [0.2, 0.25) is 0 Å². The molecule has 26 heavy (non-hydrogen) atoms. The highest BCUT2D eigenvalue weighted by Crippen LogP contribution is 2.20. The monoisotopic (exact) mass is 497 g/mol. The summed E-state index contributed by atoms with van der Waals surface area (Å²) in [6, 6.07) is 0. The van der Waals surface area contributed by atoms with Gasteiger partial charge in [0.15, 0.2) is 15.8 Å². The second-order valence-corrected chi connectivity index (χ2v) is 9.42. The molecule has 0 saturated carbocycles. The molecule has 9 heteroatoms. The van der Waals surface area contributed by atoms with E-state index in [1.165, 1.54) is 5.56 Å². The van der Waals surface area contributed by atoms with Crippen molar-refractivity contribution in [3.63, 3.8) is 0 Å². The van der Waals surface area contributed by atoms with E-state index in [2.05, 4.69) is 40.4 Å². The lowest BCUT2D eigenvalue weighted by Gasteiger charge is -2.22. The van der Waals surface area contributed by atoms with Crippen LogP contribution in [0.5, 0.6) is 0 Å². The lowest BCUT2D eigenvalue weighted by molar-refractivity contribution is 0.469. The average Bonchev–Trinajstić information content (AvgIpc) is 3.05. The highest BCUT2D eigenvalue weighted by molar-refractivity contribution is 14.0. The van der Waals surface area contributed by atoms with Crippen molar-refractivity contribution in [1.29, 1.82) is 0 Å². The van der Waals surface area contributed by atoms with Crippen molar-refractivity contribution in [2.24, 2.45) is 18.0 Å². The Labute approximate surface area is 174 Å². The quantitative estimate of drug-likeness (QED) is 0.370. The predicted molar refractivity (Wildman–Crippen MR) is 117 cm³/mol. The number of rotatable bonds is 6. The van der Waals surface area contributed by atoms with Crippen LogP contribution in [0.2, 0.25) is 0 Å². The summed E-state index contributed by atoms with van der Waals surface area (Å²) < 4.78 is 25.1. The molecule has 1 fully saturated rings. The molecule has 1 atom stereocenters. The van der Waals surface area contributed by atoms with Gasteiger partial charge < -0.3 is 10.2 Å². The molecule has 7 nitrogen and oxygen atoms in total. The molecule has 0 amide bonds. The number of aromatic nitrogens is 2. The van der Waals surface area contributed by atoms with Gasteiger partial charge in [-0.3, -0.25) is 9.67 Å². The van der Waals surface area contributed by atoms with Crippen LogP contribution in [0.15, 0.2) is 11.2 Å². The van der Waals surface area contributed by atoms with E-state index in [1.54, 1.807) is 0 Å². The summed E-state index contributed by atoms with van der Waals surface area (Å²) in [7, 11) is 1.09. The molecule has 0 aromatic carbocycles. The molecule has 1 N–H and O–H groups in total. The smallest absolute Gasteiger partial charge is 0.193 e. The summed E-state index contributed by atoms with van der Waals surface area (Å²) in [5, 5.41) is 7.86. The maximum atomic E-state index is 11.6. The van der Waals surface area contributed by atoms with Crippen LogP contribution in [0.3, 0.4) is 0 Å². The lowest BCUT2D eigenvalue weighted by atomic mass is 10.1. The summed E-state index contributed by atoms with van der Waals surface area (Å²) in [6.07, 6.45) is 2.77. The van der Waals surface area contributed by atoms with Gasteiger partial charge >= 0.3 is 0 Å². The third-order valence-corrected chi connectivity index (χ3v) is 6.25. The molecule has 150 valence electrons. The lowest BCUT2D eigenvalue weighted by Crippen LogP contribution is -2.39. The number of hydrogen-bond acceptors (Lipinski definition) is 4. The van der Waals surface area contributed by atoms with Crippen molar-refractivity contribution in [2.75, 3.05) is 31.6 Å². The molecule has 1 aromatic rings. The van der Waals surface area contributed by atoms with Crippen molar-refractivity contribution < 1.29 is 8.42 Å².